The zero-order chi connectivity index (χ0) is 21.8. The Morgan fingerprint density at radius 2 is 1.81 bits per heavy atom. The monoisotopic (exact) mass is 414 g/mol. The van der Waals surface area contributed by atoms with Crippen LogP contribution < -0.4 is 11.1 Å². The molecule has 0 radical (unpaired) electrons. The summed E-state index contributed by atoms with van der Waals surface area (Å²) in [4.78, 5) is 25.8. The summed E-state index contributed by atoms with van der Waals surface area (Å²) in [6, 6.07) is 11.8. The highest BCUT2D eigenvalue weighted by molar-refractivity contribution is 5.98. The first-order chi connectivity index (χ1) is 15.0. The van der Waals surface area contributed by atoms with E-state index in [-0.39, 0.29) is 5.95 Å². The number of H-pyrrole nitrogens is 1. The van der Waals surface area contributed by atoms with Crippen molar-refractivity contribution in [3.05, 3.63) is 61.2 Å². The fourth-order valence-corrected chi connectivity index (χ4v) is 3.08. The van der Waals surface area contributed by atoms with Crippen molar-refractivity contribution in [1.82, 2.24) is 30.1 Å². The number of rotatable bonds is 3. The maximum atomic E-state index is 9.00. The van der Waals surface area contributed by atoms with Crippen LogP contribution in [0.15, 0.2) is 61.2 Å². The van der Waals surface area contributed by atoms with E-state index in [0.29, 0.717) is 5.82 Å². The van der Waals surface area contributed by atoms with Crippen LogP contribution in [0.4, 0.5) is 17.5 Å². The van der Waals surface area contributed by atoms with Gasteiger partial charge in [-0.1, -0.05) is 6.07 Å². The molecular formula is C21H18N8O2. The lowest BCUT2D eigenvalue weighted by Gasteiger charge is -2.10. The van der Waals surface area contributed by atoms with Crippen LogP contribution in [0.5, 0.6) is 0 Å². The Morgan fingerprint density at radius 1 is 1.03 bits per heavy atom. The first kappa shape index (κ1) is 19.7. The molecule has 2 aromatic carbocycles. The molecule has 0 unspecified atom stereocenters. The zero-order valence-corrected chi connectivity index (χ0v) is 16.4. The molecule has 154 valence electrons. The number of hydrogen-bond acceptors (Lipinski definition) is 8. The molecule has 3 heterocycles. The summed E-state index contributed by atoms with van der Waals surface area (Å²) < 4.78 is 0. The molecule has 0 spiro atoms. The van der Waals surface area contributed by atoms with Crippen molar-refractivity contribution < 1.29 is 9.90 Å². The molecule has 31 heavy (non-hydrogen) atoms. The van der Waals surface area contributed by atoms with Crippen molar-refractivity contribution in [2.24, 2.45) is 0 Å². The Balaban J connectivity index is 0.000000535. The smallest absolute Gasteiger partial charge is 0.300 e. The van der Waals surface area contributed by atoms with Gasteiger partial charge in [-0.05, 0) is 35.9 Å². The Hall–Kier alpha value is -4.60. The summed E-state index contributed by atoms with van der Waals surface area (Å²) in [7, 11) is 0. The SMILES string of the molecule is CC(=O)O.Nc1nccc(Nc2cc(-c3ccc4nccnc4c3)c3[nH]ncc3c2)n1. The van der Waals surface area contributed by atoms with Crippen LogP contribution in [-0.4, -0.2) is 41.2 Å². The van der Waals surface area contributed by atoms with Gasteiger partial charge in [0.2, 0.25) is 5.95 Å². The van der Waals surface area contributed by atoms with Gasteiger partial charge in [0.15, 0.2) is 0 Å². The number of aliphatic carboxylic acids is 1. The van der Waals surface area contributed by atoms with Gasteiger partial charge in [-0.25, -0.2) is 4.98 Å². The zero-order valence-electron chi connectivity index (χ0n) is 16.4. The molecule has 0 amide bonds. The van der Waals surface area contributed by atoms with Crippen molar-refractivity contribution in [1.29, 1.82) is 0 Å². The fraction of sp³-hybridized carbons (Fsp3) is 0.0476. The third-order valence-electron chi connectivity index (χ3n) is 4.28. The maximum absolute atomic E-state index is 9.00. The molecule has 0 saturated heterocycles. The molecule has 5 rings (SSSR count). The van der Waals surface area contributed by atoms with Crippen molar-refractivity contribution in [2.75, 3.05) is 11.1 Å². The molecule has 5 N–H and O–H groups in total. The summed E-state index contributed by atoms with van der Waals surface area (Å²) >= 11 is 0. The molecule has 3 aromatic heterocycles. The predicted octanol–water partition coefficient (Wildman–Crippen LogP) is 3.38. The number of nitrogens with zero attached hydrogens (tertiary/aromatic N) is 5. The summed E-state index contributed by atoms with van der Waals surface area (Å²) in [5.74, 6) is 0.0124. The number of carboxylic acid groups (broad SMARTS) is 1. The van der Waals surface area contributed by atoms with Gasteiger partial charge in [0.05, 0.1) is 22.7 Å². The van der Waals surface area contributed by atoms with Crippen molar-refractivity contribution in [2.45, 2.75) is 6.92 Å². The topological polar surface area (TPSA) is 156 Å². The van der Waals surface area contributed by atoms with E-state index in [4.69, 9.17) is 15.6 Å². The molecule has 0 fully saturated rings. The predicted molar refractivity (Wildman–Crippen MR) is 118 cm³/mol. The molecular weight excluding hydrogens is 396 g/mol. The largest absolute Gasteiger partial charge is 0.481 e. The number of aromatic amines is 1. The first-order valence-electron chi connectivity index (χ1n) is 9.23. The van der Waals surface area contributed by atoms with Crippen molar-refractivity contribution in [3.63, 3.8) is 0 Å². The van der Waals surface area contributed by atoms with Crippen LogP contribution >= 0.6 is 0 Å². The van der Waals surface area contributed by atoms with E-state index in [0.717, 1.165) is 45.7 Å². The minimum absolute atomic E-state index is 0.220. The van der Waals surface area contributed by atoms with E-state index in [2.05, 4.69) is 35.5 Å². The molecule has 10 nitrogen and oxygen atoms in total. The van der Waals surface area contributed by atoms with Crippen molar-refractivity contribution in [3.8, 4) is 11.1 Å². The van der Waals surface area contributed by atoms with E-state index in [1.165, 1.54) is 0 Å². The lowest BCUT2D eigenvalue weighted by Crippen LogP contribution is -1.99. The number of benzene rings is 2. The summed E-state index contributed by atoms with van der Waals surface area (Å²) in [6.45, 7) is 1.08. The number of hydrogen-bond donors (Lipinski definition) is 4. The van der Waals surface area contributed by atoms with E-state index in [1.807, 2.05) is 30.3 Å². The Kier molecular flexibility index (Phi) is 5.35. The van der Waals surface area contributed by atoms with Crippen LogP contribution in [0, 0.1) is 0 Å². The average molecular weight is 414 g/mol. The van der Waals surface area contributed by atoms with Gasteiger partial charge in [0, 0.05) is 42.2 Å². The number of fused-ring (bicyclic) bond motifs is 2. The second-order valence-electron chi connectivity index (χ2n) is 6.56. The van der Waals surface area contributed by atoms with E-state index >= 15 is 0 Å². The average Bonchev–Trinajstić information content (AvgIpc) is 3.21. The van der Waals surface area contributed by atoms with Crippen LogP contribution in [0.3, 0.4) is 0 Å². The van der Waals surface area contributed by atoms with E-state index < -0.39 is 5.97 Å². The van der Waals surface area contributed by atoms with Gasteiger partial charge in [-0.2, -0.15) is 10.1 Å². The summed E-state index contributed by atoms with van der Waals surface area (Å²) in [5.41, 5.74) is 11.2. The van der Waals surface area contributed by atoms with Gasteiger partial charge in [-0.15, -0.1) is 0 Å². The van der Waals surface area contributed by atoms with Gasteiger partial charge in [0.25, 0.3) is 5.97 Å². The van der Waals surface area contributed by atoms with Crippen LogP contribution in [0.2, 0.25) is 0 Å². The van der Waals surface area contributed by atoms with Crippen LogP contribution in [-0.2, 0) is 4.79 Å². The maximum Gasteiger partial charge on any atom is 0.300 e. The molecule has 0 bridgehead atoms. The van der Waals surface area contributed by atoms with E-state index in [1.54, 1.807) is 30.9 Å². The lowest BCUT2D eigenvalue weighted by molar-refractivity contribution is -0.134. The summed E-state index contributed by atoms with van der Waals surface area (Å²) in [6.07, 6.45) is 6.78. The third kappa shape index (κ3) is 4.53. The van der Waals surface area contributed by atoms with Crippen molar-refractivity contribution >= 4 is 45.4 Å². The molecule has 5 aromatic rings. The van der Waals surface area contributed by atoms with Crippen LogP contribution in [0.1, 0.15) is 6.92 Å². The minimum Gasteiger partial charge on any atom is -0.481 e. The molecule has 0 aliphatic heterocycles. The third-order valence-corrected chi connectivity index (χ3v) is 4.28. The minimum atomic E-state index is -0.833. The highest BCUT2D eigenvalue weighted by atomic mass is 16.4. The molecule has 0 atom stereocenters. The Labute approximate surface area is 176 Å². The fourth-order valence-electron chi connectivity index (χ4n) is 3.08. The first-order valence-corrected chi connectivity index (χ1v) is 9.23. The highest BCUT2D eigenvalue weighted by Gasteiger charge is 2.10. The lowest BCUT2D eigenvalue weighted by atomic mass is 10.0. The standard InChI is InChI=1S/C19H14N8.C2H4O2/c20-19-23-4-3-17(26-19)25-13-7-12-10-24-27-18(12)14(9-13)11-1-2-15-16(8-11)22-6-5-21-15;1-2(3)4/h1-10H,(H,24,27)(H3,20,23,25,26);1H3,(H,3,4). The summed E-state index contributed by atoms with van der Waals surface area (Å²) in [5, 5.41) is 18.9. The van der Waals surface area contributed by atoms with Gasteiger partial charge in [0.1, 0.15) is 5.82 Å². The van der Waals surface area contributed by atoms with Gasteiger partial charge in [-0.3, -0.25) is 19.9 Å². The number of nitrogens with two attached hydrogens (primary N) is 1. The Bertz CT molecular complexity index is 1380. The number of carboxylic acids is 1. The number of aromatic nitrogens is 6. The second kappa shape index (κ2) is 8.41. The number of anilines is 3. The Morgan fingerprint density at radius 3 is 2.58 bits per heavy atom. The molecule has 0 saturated carbocycles. The number of nitrogen functional groups attached to an aromatic ring is 1. The number of nitrogens with one attached hydrogen (secondary N) is 2. The van der Waals surface area contributed by atoms with Gasteiger partial charge < -0.3 is 16.2 Å². The number of carbonyl (C=O) groups is 1. The molecule has 10 heteroatoms. The van der Waals surface area contributed by atoms with E-state index in [9.17, 15) is 0 Å². The second-order valence-corrected chi connectivity index (χ2v) is 6.56. The molecule has 0 aliphatic carbocycles. The quantitative estimate of drug-likeness (QED) is 0.347. The van der Waals surface area contributed by atoms with Crippen LogP contribution in [0.25, 0.3) is 33.1 Å². The van der Waals surface area contributed by atoms with Gasteiger partial charge >= 0.3 is 0 Å². The molecule has 0 aliphatic rings. The normalized spacial score (nSPS) is 10.5. The highest BCUT2D eigenvalue weighted by Crippen LogP contribution is 2.32.